The fraction of sp³-hybridized carbons (Fsp3) is 0.286. The molecule has 1 aliphatic heterocycles. The van der Waals surface area contributed by atoms with E-state index < -0.39 is 17.7 Å². The second-order valence-electron chi connectivity index (χ2n) is 6.91. The molecular formula is C21H22F2N2O. The molecule has 1 unspecified atom stereocenters. The lowest BCUT2D eigenvalue weighted by atomic mass is 10.0. The maximum atomic E-state index is 14.2. The highest BCUT2D eigenvalue weighted by atomic mass is 19.1. The summed E-state index contributed by atoms with van der Waals surface area (Å²) in [6.07, 6.45) is 1.82. The third-order valence-corrected chi connectivity index (χ3v) is 4.74. The summed E-state index contributed by atoms with van der Waals surface area (Å²) in [7, 11) is 0. The first-order valence-electron chi connectivity index (χ1n) is 8.65. The first-order valence-corrected chi connectivity index (χ1v) is 8.65. The standard InChI is InChI=1S/C21H22F2N2O/c1-13(2)20(24)21(26)25-12-15(17-11-16(22)8-9-18(17)23)10-19(25)14-6-4-3-5-7-14/h3-11,13,19-20H,12,24H2,1-2H3/t19?,20-/m1/s1. The van der Waals surface area contributed by atoms with Crippen molar-refractivity contribution < 1.29 is 13.6 Å². The first kappa shape index (κ1) is 18.3. The minimum absolute atomic E-state index is 0.0196. The average molecular weight is 356 g/mol. The van der Waals surface area contributed by atoms with E-state index in [0.29, 0.717) is 5.57 Å². The Balaban J connectivity index is 2.01. The van der Waals surface area contributed by atoms with Gasteiger partial charge in [-0.15, -0.1) is 0 Å². The number of benzene rings is 2. The summed E-state index contributed by atoms with van der Waals surface area (Å²) in [5.41, 5.74) is 7.74. The van der Waals surface area contributed by atoms with Crippen LogP contribution in [0.5, 0.6) is 0 Å². The van der Waals surface area contributed by atoms with Crippen LogP contribution in [0.3, 0.4) is 0 Å². The molecule has 5 heteroatoms. The van der Waals surface area contributed by atoms with E-state index in [2.05, 4.69) is 0 Å². The first-order chi connectivity index (χ1) is 12.4. The molecule has 2 N–H and O–H groups in total. The number of hydrogen-bond donors (Lipinski definition) is 1. The van der Waals surface area contributed by atoms with E-state index in [1.54, 1.807) is 4.90 Å². The Bertz CT molecular complexity index is 833. The lowest BCUT2D eigenvalue weighted by Crippen LogP contribution is -2.46. The van der Waals surface area contributed by atoms with Gasteiger partial charge in [0.15, 0.2) is 0 Å². The minimum Gasteiger partial charge on any atom is -0.326 e. The summed E-state index contributed by atoms with van der Waals surface area (Å²) in [6.45, 7) is 3.96. The molecule has 0 bridgehead atoms. The average Bonchev–Trinajstić information content (AvgIpc) is 3.08. The van der Waals surface area contributed by atoms with Gasteiger partial charge in [0.05, 0.1) is 12.1 Å². The summed E-state index contributed by atoms with van der Waals surface area (Å²) >= 11 is 0. The molecule has 0 spiro atoms. The van der Waals surface area contributed by atoms with E-state index in [1.165, 1.54) is 6.07 Å². The molecule has 1 heterocycles. The molecule has 0 aromatic heterocycles. The summed E-state index contributed by atoms with van der Waals surface area (Å²) in [4.78, 5) is 14.5. The molecule has 1 amide bonds. The van der Waals surface area contributed by atoms with Gasteiger partial charge in [0.25, 0.3) is 0 Å². The van der Waals surface area contributed by atoms with Gasteiger partial charge >= 0.3 is 0 Å². The number of carbonyl (C=O) groups is 1. The predicted octanol–water partition coefficient (Wildman–Crippen LogP) is 3.92. The number of hydrogen-bond acceptors (Lipinski definition) is 2. The maximum absolute atomic E-state index is 14.2. The molecular weight excluding hydrogens is 334 g/mol. The van der Waals surface area contributed by atoms with E-state index in [0.717, 1.165) is 17.7 Å². The third kappa shape index (κ3) is 3.53. The van der Waals surface area contributed by atoms with Gasteiger partial charge in [-0.25, -0.2) is 8.78 Å². The molecule has 0 fully saturated rings. The number of rotatable bonds is 4. The van der Waals surface area contributed by atoms with Crippen molar-refractivity contribution in [3.05, 3.63) is 77.4 Å². The van der Waals surface area contributed by atoms with Crippen molar-refractivity contribution in [1.29, 1.82) is 0 Å². The lowest BCUT2D eigenvalue weighted by molar-refractivity contribution is -0.134. The summed E-state index contributed by atoms with van der Waals surface area (Å²) in [5, 5.41) is 0. The van der Waals surface area contributed by atoms with Gasteiger partial charge in [-0.3, -0.25) is 4.79 Å². The highest BCUT2D eigenvalue weighted by Crippen LogP contribution is 2.36. The van der Waals surface area contributed by atoms with Crippen molar-refractivity contribution in [1.82, 2.24) is 4.90 Å². The van der Waals surface area contributed by atoms with Crippen LogP contribution in [-0.4, -0.2) is 23.4 Å². The molecule has 3 nitrogen and oxygen atoms in total. The van der Waals surface area contributed by atoms with Gasteiger partial charge in [-0.1, -0.05) is 50.3 Å². The van der Waals surface area contributed by atoms with Gasteiger partial charge in [-0.05, 0) is 35.3 Å². The molecule has 0 aliphatic carbocycles. The minimum atomic E-state index is -0.647. The van der Waals surface area contributed by atoms with Crippen molar-refractivity contribution >= 4 is 11.5 Å². The molecule has 0 radical (unpaired) electrons. The number of nitrogens with zero attached hydrogens (tertiary/aromatic N) is 1. The molecule has 2 aromatic carbocycles. The molecule has 2 aromatic rings. The Morgan fingerprint density at radius 2 is 1.85 bits per heavy atom. The van der Waals surface area contributed by atoms with Crippen LogP contribution in [0, 0.1) is 17.6 Å². The van der Waals surface area contributed by atoms with Crippen LogP contribution in [0.4, 0.5) is 8.78 Å². The van der Waals surface area contributed by atoms with Crippen LogP contribution in [0.1, 0.15) is 31.0 Å². The Morgan fingerprint density at radius 3 is 2.50 bits per heavy atom. The Labute approximate surface area is 152 Å². The third-order valence-electron chi connectivity index (χ3n) is 4.74. The van der Waals surface area contributed by atoms with Gasteiger partial charge in [-0.2, -0.15) is 0 Å². The van der Waals surface area contributed by atoms with Gasteiger partial charge in [0, 0.05) is 12.1 Å². The van der Waals surface area contributed by atoms with Gasteiger partial charge in [0.1, 0.15) is 11.6 Å². The lowest BCUT2D eigenvalue weighted by Gasteiger charge is -2.29. The second kappa shape index (κ2) is 7.38. The number of halogens is 2. The van der Waals surface area contributed by atoms with Crippen LogP contribution in [0.25, 0.3) is 5.57 Å². The number of nitrogens with two attached hydrogens (primary N) is 1. The van der Waals surface area contributed by atoms with Crippen molar-refractivity contribution in [3.63, 3.8) is 0 Å². The van der Waals surface area contributed by atoms with Crippen LogP contribution >= 0.6 is 0 Å². The Kier molecular flexibility index (Phi) is 5.18. The fourth-order valence-corrected chi connectivity index (χ4v) is 3.15. The number of carbonyl (C=O) groups excluding carboxylic acids is 1. The quantitative estimate of drug-likeness (QED) is 0.903. The zero-order valence-corrected chi connectivity index (χ0v) is 14.8. The van der Waals surface area contributed by atoms with Gasteiger partial charge in [0.2, 0.25) is 5.91 Å². The van der Waals surface area contributed by atoms with Crippen molar-refractivity contribution in [2.75, 3.05) is 6.54 Å². The zero-order chi connectivity index (χ0) is 18.8. The molecule has 0 saturated carbocycles. The van der Waals surface area contributed by atoms with Crippen molar-refractivity contribution in [2.24, 2.45) is 11.7 Å². The topological polar surface area (TPSA) is 46.3 Å². The largest absolute Gasteiger partial charge is 0.326 e. The van der Waals surface area contributed by atoms with Crippen molar-refractivity contribution in [2.45, 2.75) is 25.9 Å². The number of amides is 1. The monoisotopic (exact) mass is 356 g/mol. The highest BCUT2D eigenvalue weighted by molar-refractivity contribution is 5.87. The summed E-state index contributed by atoms with van der Waals surface area (Å²) in [5.74, 6) is -1.24. The molecule has 136 valence electrons. The smallest absolute Gasteiger partial charge is 0.240 e. The van der Waals surface area contributed by atoms with Crippen LogP contribution in [0.15, 0.2) is 54.6 Å². The van der Waals surface area contributed by atoms with Crippen molar-refractivity contribution in [3.8, 4) is 0 Å². The SMILES string of the molecule is CC(C)[C@@H](N)C(=O)N1CC(c2cc(F)ccc2F)=CC1c1ccccc1. The predicted molar refractivity (Wildman–Crippen MR) is 98.0 cm³/mol. The fourth-order valence-electron chi connectivity index (χ4n) is 3.15. The normalized spacial score (nSPS) is 18.2. The van der Waals surface area contributed by atoms with Gasteiger partial charge < -0.3 is 10.6 Å². The van der Waals surface area contributed by atoms with Crippen LogP contribution in [-0.2, 0) is 4.79 Å². The molecule has 2 atom stereocenters. The molecule has 26 heavy (non-hydrogen) atoms. The van der Waals surface area contributed by atoms with Crippen LogP contribution in [0.2, 0.25) is 0 Å². The maximum Gasteiger partial charge on any atom is 0.240 e. The van der Waals surface area contributed by atoms with E-state index in [-0.39, 0.29) is 30.0 Å². The van der Waals surface area contributed by atoms with Crippen LogP contribution < -0.4 is 5.73 Å². The Morgan fingerprint density at radius 1 is 1.15 bits per heavy atom. The van der Waals surface area contributed by atoms with E-state index in [1.807, 2.05) is 50.3 Å². The second-order valence-corrected chi connectivity index (χ2v) is 6.91. The highest BCUT2D eigenvalue weighted by Gasteiger charge is 2.34. The Hall–Kier alpha value is -2.53. The molecule has 3 rings (SSSR count). The summed E-state index contributed by atoms with van der Waals surface area (Å²) < 4.78 is 27.8. The van der Waals surface area contributed by atoms with E-state index >= 15 is 0 Å². The summed E-state index contributed by atoms with van der Waals surface area (Å²) in [6, 6.07) is 11.8. The van der Waals surface area contributed by atoms with E-state index in [9.17, 15) is 13.6 Å². The molecule has 1 aliphatic rings. The zero-order valence-electron chi connectivity index (χ0n) is 14.8. The molecule has 0 saturated heterocycles. The van der Waals surface area contributed by atoms with E-state index in [4.69, 9.17) is 5.73 Å².